The number of anilines is 1. The molecule has 0 aliphatic carbocycles. The first kappa shape index (κ1) is 18.1. The van der Waals surface area contributed by atoms with E-state index in [0.29, 0.717) is 18.0 Å². The van der Waals surface area contributed by atoms with Gasteiger partial charge in [0.25, 0.3) is 0 Å². The van der Waals surface area contributed by atoms with Crippen molar-refractivity contribution in [2.75, 3.05) is 38.9 Å². The van der Waals surface area contributed by atoms with Gasteiger partial charge in [-0.25, -0.2) is 4.98 Å². The van der Waals surface area contributed by atoms with Gasteiger partial charge in [-0.05, 0) is 44.6 Å². The van der Waals surface area contributed by atoms with E-state index in [-0.39, 0.29) is 12.7 Å². The van der Waals surface area contributed by atoms with E-state index in [1.54, 1.807) is 11.3 Å². The molecule has 1 saturated heterocycles. The Morgan fingerprint density at radius 2 is 2.07 bits per heavy atom. The zero-order valence-corrected chi connectivity index (χ0v) is 16.4. The highest BCUT2D eigenvalue weighted by molar-refractivity contribution is 7.13. The van der Waals surface area contributed by atoms with E-state index in [1.807, 2.05) is 42.6 Å². The van der Waals surface area contributed by atoms with E-state index in [0.717, 1.165) is 29.5 Å². The first-order chi connectivity index (χ1) is 13.1. The number of benzene rings is 1. The molecule has 1 aromatic carbocycles. The van der Waals surface area contributed by atoms with Gasteiger partial charge in [0, 0.05) is 18.5 Å². The Morgan fingerprint density at radius 3 is 2.85 bits per heavy atom. The van der Waals surface area contributed by atoms with Gasteiger partial charge in [0.05, 0.1) is 12.2 Å². The summed E-state index contributed by atoms with van der Waals surface area (Å²) in [7, 11) is 3.78. The minimum absolute atomic E-state index is 0.0606. The highest BCUT2D eigenvalue weighted by Crippen LogP contribution is 2.35. The van der Waals surface area contributed by atoms with Crippen LogP contribution in [0.5, 0.6) is 11.5 Å². The van der Waals surface area contributed by atoms with Gasteiger partial charge in [-0.3, -0.25) is 9.69 Å². The van der Waals surface area contributed by atoms with E-state index in [9.17, 15) is 4.79 Å². The molecule has 2 aliphatic heterocycles. The second-order valence-corrected chi connectivity index (χ2v) is 7.85. The molecule has 2 aromatic rings. The Hall–Kier alpha value is -2.32. The maximum Gasteiger partial charge on any atom is 0.242 e. The summed E-state index contributed by atoms with van der Waals surface area (Å²) in [6.07, 6.45) is 2.46. The van der Waals surface area contributed by atoms with Crippen molar-refractivity contribution in [2.45, 2.75) is 25.4 Å². The SMILES string of the molecule is CN(C)C(C(=O)NCc1csc(N2CCCC2)n1)c1ccc2c(c1)OCO2. The number of rotatable bonds is 6. The standard InChI is InChI=1S/C19H24N4O3S/c1-22(2)17(13-5-6-15-16(9-13)26-12-25-15)18(24)20-10-14-11-27-19(21-14)23-7-3-4-8-23/h5-6,9,11,17H,3-4,7-8,10,12H2,1-2H3,(H,20,24). The summed E-state index contributed by atoms with van der Waals surface area (Å²) < 4.78 is 10.8. The summed E-state index contributed by atoms with van der Waals surface area (Å²) in [4.78, 5) is 21.7. The number of aromatic nitrogens is 1. The lowest BCUT2D eigenvalue weighted by Gasteiger charge is -2.24. The average molecular weight is 388 g/mol. The van der Waals surface area contributed by atoms with Crippen LogP contribution in [0.2, 0.25) is 0 Å². The van der Waals surface area contributed by atoms with Crippen molar-refractivity contribution in [1.29, 1.82) is 0 Å². The van der Waals surface area contributed by atoms with Crippen LogP contribution in [-0.2, 0) is 11.3 Å². The topological polar surface area (TPSA) is 66.9 Å². The van der Waals surface area contributed by atoms with E-state index < -0.39 is 6.04 Å². The molecule has 1 aromatic heterocycles. The third kappa shape index (κ3) is 3.86. The van der Waals surface area contributed by atoms with Crippen molar-refractivity contribution in [3.63, 3.8) is 0 Å². The normalized spacial score (nSPS) is 16.8. The fraction of sp³-hybridized carbons (Fsp3) is 0.474. The minimum atomic E-state index is -0.406. The number of fused-ring (bicyclic) bond motifs is 1. The first-order valence-corrected chi connectivity index (χ1v) is 10.0. The largest absolute Gasteiger partial charge is 0.454 e. The van der Waals surface area contributed by atoms with Crippen molar-refractivity contribution in [3.05, 3.63) is 34.8 Å². The zero-order valence-electron chi connectivity index (χ0n) is 15.6. The number of nitrogens with zero attached hydrogens (tertiary/aromatic N) is 3. The highest BCUT2D eigenvalue weighted by Gasteiger charge is 2.25. The fourth-order valence-corrected chi connectivity index (χ4v) is 4.35. The zero-order chi connectivity index (χ0) is 18.8. The van der Waals surface area contributed by atoms with Gasteiger partial charge >= 0.3 is 0 Å². The van der Waals surface area contributed by atoms with Gasteiger partial charge in [-0.1, -0.05) is 6.07 Å². The number of amides is 1. The molecule has 3 heterocycles. The summed E-state index contributed by atoms with van der Waals surface area (Å²) in [5.41, 5.74) is 1.77. The van der Waals surface area contributed by atoms with Gasteiger partial charge < -0.3 is 19.7 Å². The third-order valence-corrected chi connectivity index (χ3v) is 5.79. The summed E-state index contributed by atoms with van der Waals surface area (Å²) in [5.74, 6) is 1.34. The molecular formula is C19H24N4O3S. The van der Waals surface area contributed by atoms with Gasteiger partial charge in [0.1, 0.15) is 6.04 Å². The molecule has 1 unspecified atom stereocenters. The molecule has 1 fully saturated rings. The van der Waals surface area contributed by atoms with Crippen molar-refractivity contribution in [2.24, 2.45) is 0 Å². The highest BCUT2D eigenvalue weighted by atomic mass is 32.1. The third-order valence-electron chi connectivity index (χ3n) is 4.84. The average Bonchev–Trinajstić information content (AvgIpc) is 3.39. The van der Waals surface area contributed by atoms with Crippen molar-refractivity contribution >= 4 is 22.4 Å². The van der Waals surface area contributed by atoms with Crippen LogP contribution in [0.15, 0.2) is 23.6 Å². The Labute approximate surface area is 162 Å². The molecule has 2 aliphatic rings. The Balaban J connectivity index is 1.42. The van der Waals surface area contributed by atoms with Crippen LogP contribution in [0.4, 0.5) is 5.13 Å². The predicted octanol–water partition coefficient (Wildman–Crippen LogP) is 2.39. The number of ether oxygens (including phenoxy) is 2. The van der Waals surface area contributed by atoms with Crippen LogP contribution in [0.25, 0.3) is 0 Å². The Kier molecular flexibility index (Phi) is 5.18. The lowest BCUT2D eigenvalue weighted by molar-refractivity contribution is -0.126. The van der Waals surface area contributed by atoms with Crippen LogP contribution in [0.1, 0.15) is 30.1 Å². The minimum Gasteiger partial charge on any atom is -0.454 e. The number of nitrogens with one attached hydrogen (secondary N) is 1. The van der Waals surface area contributed by atoms with Gasteiger partial charge in [-0.2, -0.15) is 0 Å². The lowest BCUT2D eigenvalue weighted by atomic mass is 10.0. The molecule has 1 N–H and O–H groups in total. The molecule has 27 heavy (non-hydrogen) atoms. The second kappa shape index (κ2) is 7.74. The number of thiazole rings is 1. The van der Waals surface area contributed by atoms with E-state index in [1.165, 1.54) is 12.8 Å². The van der Waals surface area contributed by atoms with Gasteiger partial charge in [-0.15, -0.1) is 11.3 Å². The van der Waals surface area contributed by atoms with Gasteiger partial charge in [0.15, 0.2) is 16.6 Å². The Bertz CT molecular complexity index is 817. The number of hydrogen-bond donors (Lipinski definition) is 1. The molecule has 8 heteroatoms. The van der Waals surface area contributed by atoms with Crippen molar-refractivity contribution in [1.82, 2.24) is 15.2 Å². The second-order valence-electron chi connectivity index (χ2n) is 7.01. The fourth-order valence-electron chi connectivity index (χ4n) is 3.47. The van der Waals surface area contributed by atoms with E-state index >= 15 is 0 Å². The number of likely N-dealkylation sites (N-methyl/N-ethyl adjacent to an activating group) is 1. The quantitative estimate of drug-likeness (QED) is 0.820. The summed E-state index contributed by atoms with van der Waals surface area (Å²) in [6, 6.07) is 5.23. The maximum atomic E-state index is 12.9. The molecule has 4 rings (SSSR count). The monoisotopic (exact) mass is 388 g/mol. The Morgan fingerprint density at radius 1 is 1.30 bits per heavy atom. The van der Waals surface area contributed by atoms with Crippen LogP contribution in [0.3, 0.4) is 0 Å². The smallest absolute Gasteiger partial charge is 0.242 e. The molecular weight excluding hydrogens is 364 g/mol. The van der Waals surface area contributed by atoms with Crippen LogP contribution in [-0.4, -0.2) is 49.8 Å². The number of carbonyl (C=O) groups is 1. The molecule has 7 nitrogen and oxygen atoms in total. The molecule has 0 saturated carbocycles. The molecule has 1 atom stereocenters. The molecule has 1 amide bonds. The molecule has 0 radical (unpaired) electrons. The summed E-state index contributed by atoms with van der Waals surface area (Å²) in [6.45, 7) is 2.80. The van der Waals surface area contributed by atoms with Crippen molar-refractivity contribution < 1.29 is 14.3 Å². The van der Waals surface area contributed by atoms with E-state index in [4.69, 9.17) is 9.47 Å². The molecule has 0 bridgehead atoms. The molecule has 0 spiro atoms. The van der Waals surface area contributed by atoms with Crippen LogP contribution < -0.4 is 19.7 Å². The molecule has 144 valence electrons. The van der Waals surface area contributed by atoms with Crippen LogP contribution in [0, 0.1) is 0 Å². The van der Waals surface area contributed by atoms with Crippen molar-refractivity contribution in [3.8, 4) is 11.5 Å². The number of hydrogen-bond acceptors (Lipinski definition) is 7. The van der Waals surface area contributed by atoms with Gasteiger partial charge in [0.2, 0.25) is 12.7 Å². The van der Waals surface area contributed by atoms with Crippen LogP contribution >= 0.6 is 11.3 Å². The summed E-state index contributed by atoms with van der Waals surface area (Å²) in [5, 5.41) is 6.10. The summed E-state index contributed by atoms with van der Waals surface area (Å²) >= 11 is 1.65. The maximum absolute atomic E-state index is 12.9. The number of carbonyl (C=O) groups excluding carboxylic acids is 1. The lowest BCUT2D eigenvalue weighted by Crippen LogP contribution is -2.36. The first-order valence-electron chi connectivity index (χ1n) is 9.15. The predicted molar refractivity (Wildman–Crippen MR) is 104 cm³/mol. The van der Waals surface area contributed by atoms with E-state index in [2.05, 4.69) is 15.2 Å².